The smallest absolute Gasteiger partial charge is 0.307 e. The number of aromatic nitrogens is 1. The summed E-state index contributed by atoms with van der Waals surface area (Å²) >= 11 is 1.10. The quantitative estimate of drug-likeness (QED) is 0.0863. The fraction of sp³-hybridized carbons (Fsp3) is 0.643. The Bertz CT molecular complexity index is 1680. The molecule has 4 N–H and O–H groups in total. The monoisotopic (exact) mass is 829 g/mol. The third-order valence-corrected chi connectivity index (χ3v) is 11.7. The maximum Gasteiger partial charge on any atom is 0.307 e. The number of rotatable bonds is 22. The summed E-state index contributed by atoms with van der Waals surface area (Å²) < 4.78 is 11.5. The van der Waals surface area contributed by atoms with Gasteiger partial charge in [-0.05, 0) is 75.2 Å². The van der Waals surface area contributed by atoms with E-state index in [-0.39, 0.29) is 61.2 Å². The van der Waals surface area contributed by atoms with E-state index in [9.17, 15) is 39.0 Å². The van der Waals surface area contributed by atoms with Gasteiger partial charge < -0.3 is 35.2 Å². The first-order chi connectivity index (χ1) is 27.4. The number of aliphatic carboxylic acids is 1. The van der Waals surface area contributed by atoms with Gasteiger partial charge in [-0.2, -0.15) is 0 Å². The third kappa shape index (κ3) is 14.4. The molecule has 16 heteroatoms. The van der Waals surface area contributed by atoms with Gasteiger partial charge in [-0.15, -0.1) is 11.3 Å². The van der Waals surface area contributed by atoms with Crippen molar-refractivity contribution in [3.8, 4) is 5.75 Å². The number of carbonyl (C=O) groups is 6. The second-order valence-electron chi connectivity index (χ2n) is 15.8. The second kappa shape index (κ2) is 23.1. The summed E-state index contributed by atoms with van der Waals surface area (Å²) in [6.45, 7) is 12.7. The van der Waals surface area contributed by atoms with Crippen molar-refractivity contribution in [1.82, 2.24) is 25.4 Å². The molecule has 0 radical (unpaired) electrons. The lowest BCUT2D eigenvalue weighted by atomic mass is 9.92. The number of carbonyl (C=O) groups excluding carboxylic acids is 5. The van der Waals surface area contributed by atoms with Crippen molar-refractivity contribution in [1.29, 1.82) is 0 Å². The highest BCUT2D eigenvalue weighted by Gasteiger charge is 2.39. The van der Waals surface area contributed by atoms with Crippen molar-refractivity contribution in [3.05, 3.63) is 45.9 Å². The molecule has 58 heavy (non-hydrogen) atoms. The Morgan fingerprint density at radius 1 is 1.02 bits per heavy atom. The number of nitrogens with zero attached hydrogens (tertiary/aromatic N) is 3. The predicted octanol–water partition coefficient (Wildman–Crippen LogP) is 5.46. The zero-order valence-corrected chi connectivity index (χ0v) is 36.0. The van der Waals surface area contributed by atoms with Crippen LogP contribution in [0.25, 0.3) is 0 Å². The first-order valence-electron chi connectivity index (χ1n) is 20.4. The number of likely N-dealkylation sites (tertiary alicyclic amines) is 1. The maximum absolute atomic E-state index is 14.7. The molecule has 0 unspecified atom stereocenters. The molecule has 3 rings (SSSR count). The lowest BCUT2D eigenvalue weighted by Crippen LogP contribution is -2.59. The number of amides is 3. The van der Waals surface area contributed by atoms with Gasteiger partial charge in [-0.25, -0.2) is 4.98 Å². The molecule has 1 aromatic carbocycles. The molecule has 2 heterocycles. The normalized spacial score (nSPS) is 17.6. The molecule has 1 aromatic heterocycles. The van der Waals surface area contributed by atoms with E-state index >= 15 is 0 Å². The van der Waals surface area contributed by atoms with E-state index in [1.807, 2.05) is 46.6 Å². The van der Waals surface area contributed by atoms with E-state index in [4.69, 9.17) is 9.47 Å². The molecule has 1 saturated heterocycles. The van der Waals surface area contributed by atoms with Gasteiger partial charge in [0, 0.05) is 37.2 Å². The summed E-state index contributed by atoms with van der Waals surface area (Å²) in [5.74, 6) is -4.54. The van der Waals surface area contributed by atoms with Gasteiger partial charge in [-0.3, -0.25) is 33.7 Å². The Labute approximate surface area is 346 Å². The number of hydrogen-bond acceptors (Lipinski definition) is 12. The van der Waals surface area contributed by atoms with Crippen molar-refractivity contribution in [3.63, 3.8) is 0 Å². The second-order valence-corrected chi connectivity index (χ2v) is 16.7. The Hall–Kier alpha value is -4.57. The number of carboxylic acids is 1. The Balaban J connectivity index is 1.95. The van der Waals surface area contributed by atoms with Crippen LogP contribution in [-0.2, 0) is 39.9 Å². The number of phenols is 1. The SMILES string of the molecule is CCCC(=O)OCN(C(=O)[C@@H](NC(=O)[C@@H]1CCCCN1C)[C@@H](C)CC)[C@H](C[C@@H](OC(C)=O)c1nc(C(=O)N[C@@H](Cc2ccc(O)cc2)C[C@H](C)C(=O)O)cs1)C(C)C. The molecular formula is C42H63N5O10S. The maximum atomic E-state index is 14.7. The summed E-state index contributed by atoms with van der Waals surface area (Å²) in [6.07, 6.45) is 3.31. The van der Waals surface area contributed by atoms with Gasteiger partial charge in [0.25, 0.3) is 5.91 Å². The minimum Gasteiger partial charge on any atom is -0.508 e. The van der Waals surface area contributed by atoms with Gasteiger partial charge in [0.1, 0.15) is 22.5 Å². The summed E-state index contributed by atoms with van der Waals surface area (Å²) in [4.78, 5) is 87.0. The van der Waals surface area contributed by atoms with Crippen LogP contribution in [0.4, 0.5) is 0 Å². The van der Waals surface area contributed by atoms with Crippen LogP contribution in [0.2, 0.25) is 0 Å². The van der Waals surface area contributed by atoms with Crippen LogP contribution < -0.4 is 10.6 Å². The van der Waals surface area contributed by atoms with Crippen molar-refractivity contribution in [2.24, 2.45) is 17.8 Å². The van der Waals surface area contributed by atoms with Gasteiger partial charge >= 0.3 is 17.9 Å². The molecule has 7 atom stereocenters. The number of phenolic OH excluding ortho intramolecular Hbond substituents is 1. The van der Waals surface area contributed by atoms with E-state index in [0.29, 0.717) is 30.7 Å². The fourth-order valence-electron chi connectivity index (χ4n) is 7.07. The highest BCUT2D eigenvalue weighted by Crippen LogP contribution is 2.32. The predicted molar refractivity (Wildman–Crippen MR) is 219 cm³/mol. The summed E-state index contributed by atoms with van der Waals surface area (Å²) in [7, 11) is 1.90. The summed E-state index contributed by atoms with van der Waals surface area (Å²) in [5.41, 5.74) is 0.816. The molecule has 1 fully saturated rings. The Morgan fingerprint density at radius 3 is 2.29 bits per heavy atom. The van der Waals surface area contributed by atoms with Gasteiger partial charge in [0.2, 0.25) is 11.8 Å². The molecule has 322 valence electrons. The first kappa shape index (κ1) is 47.8. The Kier molecular flexibility index (Phi) is 19.1. The average Bonchev–Trinajstić information content (AvgIpc) is 3.67. The minimum atomic E-state index is -1.01. The van der Waals surface area contributed by atoms with Crippen molar-refractivity contribution in [2.75, 3.05) is 20.3 Å². The lowest BCUT2D eigenvalue weighted by molar-refractivity contribution is -0.160. The molecule has 0 aliphatic carbocycles. The zero-order valence-electron chi connectivity index (χ0n) is 35.2. The van der Waals surface area contributed by atoms with Crippen LogP contribution in [0.1, 0.15) is 127 Å². The van der Waals surface area contributed by atoms with Gasteiger partial charge in [0.05, 0.1) is 12.0 Å². The molecular weight excluding hydrogens is 767 g/mol. The number of esters is 2. The van der Waals surface area contributed by atoms with Crippen molar-refractivity contribution in [2.45, 2.75) is 137 Å². The van der Waals surface area contributed by atoms with Crippen LogP contribution in [0.3, 0.4) is 0 Å². The van der Waals surface area contributed by atoms with E-state index in [0.717, 1.165) is 36.3 Å². The van der Waals surface area contributed by atoms with E-state index < -0.39 is 59.9 Å². The standard InChI is InChI=1S/C42H63N5O10S/c1-9-13-36(50)56-24-47(41(53)37(26(5)10-2)45-39(52)33-14-11-12-19-46(33)8)34(25(3)4)22-35(57-28(7)48)40-44-32(23-58-40)38(51)43-30(20-27(6)42(54)55)21-29-15-17-31(49)18-16-29/h15-18,23,25-27,30,33-35,37,49H,9-14,19-22,24H2,1-8H3,(H,43,51)(H,45,52)(H,54,55)/t26-,27-,30+,33-,34+,35+,37-/m0/s1. The number of likely N-dealkylation sites (N-methyl/N-ethyl adjacent to an activating group) is 1. The number of nitrogens with one attached hydrogen (secondary N) is 2. The molecule has 1 aliphatic heterocycles. The third-order valence-electron chi connectivity index (χ3n) is 10.7. The molecule has 2 aromatic rings. The van der Waals surface area contributed by atoms with Crippen molar-refractivity contribution < 1.29 is 48.5 Å². The van der Waals surface area contributed by atoms with E-state index in [2.05, 4.69) is 15.6 Å². The average molecular weight is 830 g/mol. The highest BCUT2D eigenvalue weighted by atomic mass is 32.1. The van der Waals surface area contributed by atoms with E-state index in [1.165, 1.54) is 29.3 Å². The number of piperidine rings is 1. The summed E-state index contributed by atoms with van der Waals surface area (Å²) in [6, 6.07) is 3.85. The zero-order chi connectivity index (χ0) is 43.1. The van der Waals surface area contributed by atoms with Gasteiger partial charge in [-0.1, -0.05) is 66.5 Å². The highest BCUT2D eigenvalue weighted by molar-refractivity contribution is 7.09. The fourth-order valence-corrected chi connectivity index (χ4v) is 7.91. The van der Waals surface area contributed by atoms with Crippen LogP contribution in [0, 0.1) is 17.8 Å². The van der Waals surface area contributed by atoms with Crippen LogP contribution in [0.15, 0.2) is 29.6 Å². The molecule has 15 nitrogen and oxygen atoms in total. The number of thiazole rings is 1. The van der Waals surface area contributed by atoms with Crippen LogP contribution in [-0.4, -0.2) is 105 Å². The largest absolute Gasteiger partial charge is 0.508 e. The molecule has 1 aliphatic rings. The Morgan fingerprint density at radius 2 is 1.71 bits per heavy atom. The van der Waals surface area contributed by atoms with Crippen LogP contribution >= 0.6 is 11.3 Å². The number of hydrogen-bond donors (Lipinski definition) is 4. The van der Waals surface area contributed by atoms with Crippen LogP contribution in [0.5, 0.6) is 5.75 Å². The number of aromatic hydroxyl groups is 1. The molecule has 0 spiro atoms. The minimum absolute atomic E-state index is 0.0330. The number of ether oxygens (including phenoxy) is 2. The lowest BCUT2D eigenvalue weighted by Gasteiger charge is -2.39. The van der Waals surface area contributed by atoms with Crippen molar-refractivity contribution >= 4 is 47.0 Å². The molecule has 0 bridgehead atoms. The molecule has 3 amide bonds. The van der Waals surface area contributed by atoms with Gasteiger partial charge in [0.15, 0.2) is 12.8 Å². The first-order valence-corrected chi connectivity index (χ1v) is 21.2. The topological polar surface area (TPSA) is 205 Å². The van der Waals surface area contributed by atoms with E-state index in [1.54, 1.807) is 19.1 Å². The number of benzene rings is 1. The molecule has 0 saturated carbocycles. The number of carboxylic acid groups (broad SMARTS) is 1. The summed E-state index contributed by atoms with van der Waals surface area (Å²) in [5, 5.41) is 27.1.